The maximum absolute atomic E-state index is 12.3. The van der Waals surface area contributed by atoms with Crippen molar-refractivity contribution in [2.24, 2.45) is 0 Å². The molecule has 0 radical (unpaired) electrons. The molecule has 0 saturated heterocycles. The third kappa shape index (κ3) is 3.48. The van der Waals surface area contributed by atoms with Crippen LogP contribution in [0.5, 0.6) is 11.5 Å². The topological polar surface area (TPSA) is 107 Å². The average Bonchev–Trinajstić information content (AvgIpc) is 3.38. The number of benzene rings is 2. The predicted octanol–water partition coefficient (Wildman–Crippen LogP) is 2.59. The van der Waals surface area contributed by atoms with Crippen molar-refractivity contribution in [1.29, 1.82) is 0 Å². The second kappa shape index (κ2) is 7.36. The SMILES string of the molecule is O=C(C=Cc1ccc2c(c1)OCO2)Nc1nc2n(n1)C(c1ccccc1)CC(=O)N2. The lowest BCUT2D eigenvalue weighted by Crippen LogP contribution is -2.29. The van der Waals surface area contributed by atoms with Crippen LogP contribution in [0.3, 0.4) is 0 Å². The molecule has 3 aromatic rings. The van der Waals surface area contributed by atoms with Crippen molar-refractivity contribution in [2.45, 2.75) is 12.5 Å². The Morgan fingerprint density at radius 1 is 1.17 bits per heavy atom. The zero-order valence-corrected chi connectivity index (χ0v) is 15.7. The van der Waals surface area contributed by atoms with Gasteiger partial charge in [0.25, 0.3) is 11.9 Å². The molecule has 2 aliphatic heterocycles. The number of amides is 2. The molecule has 5 rings (SSSR count). The molecule has 9 heteroatoms. The van der Waals surface area contributed by atoms with E-state index in [0.29, 0.717) is 17.4 Å². The molecule has 150 valence electrons. The molecule has 3 heterocycles. The molecule has 2 aliphatic rings. The fourth-order valence-corrected chi connectivity index (χ4v) is 3.39. The summed E-state index contributed by atoms with van der Waals surface area (Å²) in [5, 5.41) is 9.70. The molecule has 1 aromatic heterocycles. The number of fused-ring (bicyclic) bond motifs is 2. The van der Waals surface area contributed by atoms with Crippen LogP contribution in [-0.2, 0) is 9.59 Å². The van der Waals surface area contributed by atoms with Crippen LogP contribution in [0, 0.1) is 0 Å². The summed E-state index contributed by atoms with van der Waals surface area (Å²) in [5.41, 5.74) is 1.74. The zero-order valence-electron chi connectivity index (χ0n) is 15.7. The van der Waals surface area contributed by atoms with E-state index in [2.05, 4.69) is 20.7 Å². The first-order valence-corrected chi connectivity index (χ1v) is 9.36. The van der Waals surface area contributed by atoms with Crippen LogP contribution in [0.4, 0.5) is 11.9 Å². The molecular weight excluding hydrogens is 386 g/mol. The minimum absolute atomic E-state index is 0.119. The van der Waals surface area contributed by atoms with Crippen molar-refractivity contribution >= 4 is 29.8 Å². The molecule has 0 aliphatic carbocycles. The van der Waals surface area contributed by atoms with Crippen LogP contribution in [0.25, 0.3) is 6.08 Å². The molecule has 2 aromatic carbocycles. The predicted molar refractivity (Wildman–Crippen MR) is 108 cm³/mol. The number of carbonyl (C=O) groups is 2. The summed E-state index contributed by atoms with van der Waals surface area (Å²) < 4.78 is 12.2. The second-order valence-electron chi connectivity index (χ2n) is 6.82. The smallest absolute Gasteiger partial charge is 0.250 e. The minimum atomic E-state index is -0.391. The van der Waals surface area contributed by atoms with Gasteiger partial charge in [0.1, 0.15) is 0 Å². The molecule has 2 amide bonds. The number of aromatic nitrogens is 3. The van der Waals surface area contributed by atoms with E-state index in [-0.39, 0.29) is 31.1 Å². The van der Waals surface area contributed by atoms with E-state index >= 15 is 0 Å². The third-order valence-corrected chi connectivity index (χ3v) is 4.80. The van der Waals surface area contributed by atoms with Gasteiger partial charge < -0.3 is 9.47 Å². The Labute approximate surface area is 171 Å². The van der Waals surface area contributed by atoms with Gasteiger partial charge in [-0.2, -0.15) is 4.98 Å². The van der Waals surface area contributed by atoms with Crippen LogP contribution in [0.15, 0.2) is 54.6 Å². The number of hydrogen-bond acceptors (Lipinski definition) is 6. The molecule has 0 fully saturated rings. The van der Waals surface area contributed by atoms with E-state index in [1.165, 1.54) is 6.08 Å². The molecule has 1 unspecified atom stereocenters. The van der Waals surface area contributed by atoms with E-state index in [1.807, 2.05) is 36.4 Å². The van der Waals surface area contributed by atoms with Gasteiger partial charge in [-0.15, -0.1) is 5.10 Å². The fraction of sp³-hybridized carbons (Fsp3) is 0.143. The van der Waals surface area contributed by atoms with Gasteiger partial charge in [-0.1, -0.05) is 36.4 Å². The summed E-state index contributed by atoms with van der Waals surface area (Å²) in [5.74, 6) is 1.20. The summed E-state index contributed by atoms with van der Waals surface area (Å²) in [7, 11) is 0. The Morgan fingerprint density at radius 3 is 2.87 bits per heavy atom. The van der Waals surface area contributed by atoms with Crippen molar-refractivity contribution in [2.75, 3.05) is 17.4 Å². The highest BCUT2D eigenvalue weighted by Gasteiger charge is 2.29. The van der Waals surface area contributed by atoms with E-state index in [9.17, 15) is 9.59 Å². The first kappa shape index (κ1) is 17.9. The largest absolute Gasteiger partial charge is 0.454 e. The molecular formula is C21H17N5O4. The van der Waals surface area contributed by atoms with Gasteiger partial charge in [-0.05, 0) is 29.3 Å². The first-order valence-electron chi connectivity index (χ1n) is 9.36. The Kier molecular flexibility index (Phi) is 4.40. The monoisotopic (exact) mass is 403 g/mol. The number of hydrogen-bond donors (Lipinski definition) is 2. The maximum atomic E-state index is 12.3. The van der Waals surface area contributed by atoms with Gasteiger partial charge in [0.2, 0.25) is 18.6 Å². The number of ether oxygens (including phenoxy) is 2. The van der Waals surface area contributed by atoms with E-state index in [0.717, 1.165) is 11.1 Å². The van der Waals surface area contributed by atoms with Crippen LogP contribution in [-0.4, -0.2) is 33.4 Å². The number of rotatable bonds is 4. The van der Waals surface area contributed by atoms with Crippen molar-refractivity contribution < 1.29 is 19.1 Å². The normalized spacial score (nSPS) is 16.9. The highest BCUT2D eigenvalue weighted by Crippen LogP contribution is 2.33. The number of anilines is 2. The van der Waals surface area contributed by atoms with Gasteiger partial charge in [-0.25, -0.2) is 4.68 Å². The average molecular weight is 403 g/mol. The van der Waals surface area contributed by atoms with E-state index < -0.39 is 5.91 Å². The Hall–Kier alpha value is -4.14. The molecule has 2 N–H and O–H groups in total. The summed E-state index contributed by atoms with van der Waals surface area (Å²) in [4.78, 5) is 28.6. The summed E-state index contributed by atoms with van der Waals surface area (Å²) >= 11 is 0. The Morgan fingerprint density at radius 2 is 2.00 bits per heavy atom. The second-order valence-corrected chi connectivity index (χ2v) is 6.82. The minimum Gasteiger partial charge on any atom is -0.454 e. The standard InChI is InChI=1S/C21H17N5O4/c27-18(9-7-13-6-8-16-17(10-13)30-12-29-16)22-20-24-21-23-19(28)11-15(26(21)25-20)14-4-2-1-3-5-14/h1-10,15H,11-12H2,(H2,22,23,24,25,27,28). The lowest BCUT2D eigenvalue weighted by Gasteiger charge is -2.23. The van der Waals surface area contributed by atoms with Gasteiger partial charge in [-0.3, -0.25) is 20.2 Å². The number of nitrogens with zero attached hydrogens (tertiary/aromatic N) is 3. The third-order valence-electron chi connectivity index (χ3n) is 4.80. The van der Waals surface area contributed by atoms with Crippen molar-refractivity contribution in [1.82, 2.24) is 14.8 Å². The van der Waals surface area contributed by atoms with E-state index in [4.69, 9.17) is 9.47 Å². The van der Waals surface area contributed by atoms with Crippen LogP contribution >= 0.6 is 0 Å². The maximum Gasteiger partial charge on any atom is 0.250 e. The van der Waals surface area contributed by atoms with Crippen molar-refractivity contribution in [3.63, 3.8) is 0 Å². The number of carbonyl (C=O) groups excluding carboxylic acids is 2. The summed E-state index contributed by atoms with van der Waals surface area (Å²) in [6.45, 7) is 0.195. The molecule has 1 atom stereocenters. The van der Waals surface area contributed by atoms with E-state index in [1.54, 1.807) is 22.9 Å². The van der Waals surface area contributed by atoms with Gasteiger partial charge in [0.05, 0.1) is 12.5 Å². The molecule has 30 heavy (non-hydrogen) atoms. The van der Waals surface area contributed by atoms with Crippen molar-refractivity contribution in [3.05, 3.63) is 65.7 Å². The molecule has 9 nitrogen and oxygen atoms in total. The fourth-order valence-electron chi connectivity index (χ4n) is 3.39. The van der Waals surface area contributed by atoms with Crippen molar-refractivity contribution in [3.8, 4) is 11.5 Å². The molecule has 0 bridgehead atoms. The molecule has 0 saturated carbocycles. The lowest BCUT2D eigenvalue weighted by atomic mass is 10.0. The van der Waals surface area contributed by atoms with Crippen LogP contribution in [0.1, 0.15) is 23.6 Å². The first-order chi connectivity index (χ1) is 14.7. The summed E-state index contributed by atoms with van der Waals surface area (Å²) in [6.07, 6.45) is 3.28. The lowest BCUT2D eigenvalue weighted by molar-refractivity contribution is -0.117. The van der Waals surface area contributed by atoms with Gasteiger partial charge in [0, 0.05) is 6.08 Å². The van der Waals surface area contributed by atoms with Gasteiger partial charge in [0.15, 0.2) is 11.5 Å². The van der Waals surface area contributed by atoms with Crippen LogP contribution in [0.2, 0.25) is 0 Å². The quantitative estimate of drug-likeness (QED) is 0.649. The van der Waals surface area contributed by atoms with Crippen LogP contribution < -0.4 is 20.1 Å². The Bertz CT molecular complexity index is 1160. The Balaban J connectivity index is 1.32. The zero-order chi connectivity index (χ0) is 20.5. The summed E-state index contributed by atoms with van der Waals surface area (Å²) in [6, 6.07) is 14.7. The highest BCUT2D eigenvalue weighted by atomic mass is 16.7. The van der Waals surface area contributed by atoms with Gasteiger partial charge >= 0.3 is 0 Å². The molecule has 0 spiro atoms. The highest BCUT2D eigenvalue weighted by molar-refractivity contribution is 6.01. The number of nitrogens with one attached hydrogen (secondary N) is 2.